The zero-order valence-corrected chi connectivity index (χ0v) is 9.99. The Morgan fingerprint density at radius 1 is 1.31 bits per heavy atom. The molecule has 0 aliphatic rings. The van der Waals surface area contributed by atoms with Gasteiger partial charge in [0.25, 0.3) is 0 Å². The summed E-state index contributed by atoms with van der Waals surface area (Å²) in [6, 6.07) is 0. The number of nitrogens with one attached hydrogen (secondary N) is 1. The van der Waals surface area contributed by atoms with Gasteiger partial charge >= 0.3 is 0 Å². The van der Waals surface area contributed by atoms with Crippen LogP contribution in [0.3, 0.4) is 0 Å². The molecule has 0 spiro atoms. The van der Waals surface area contributed by atoms with Gasteiger partial charge in [0.1, 0.15) is 5.82 Å². The van der Waals surface area contributed by atoms with Gasteiger partial charge in [0.2, 0.25) is 0 Å². The summed E-state index contributed by atoms with van der Waals surface area (Å²) in [6.07, 6.45) is 2.69. The van der Waals surface area contributed by atoms with Crippen molar-refractivity contribution in [3.05, 3.63) is 17.6 Å². The lowest BCUT2D eigenvalue weighted by atomic mass is 10.3. The maximum absolute atomic E-state index is 5.31. The number of hydrogen-bond acceptors (Lipinski definition) is 5. The molecule has 0 bridgehead atoms. The molecule has 5 heteroatoms. The molecule has 3 N–H and O–H groups in total. The first kappa shape index (κ1) is 12.9. The summed E-state index contributed by atoms with van der Waals surface area (Å²) in [7, 11) is 0. The number of aromatic nitrogens is 2. The molecule has 1 aromatic heterocycles. The van der Waals surface area contributed by atoms with Crippen LogP contribution in [0.1, 0.15) is 17.8 Å². The van der Waals surface area contributed by atoms with Gasteiger partial charge in [0.15, 0.2) is 0 Å². The first-order valence-electron chi connectivity index (χ1n) is 5.56. The van der Waals surface area contributed by atoms with E-state index < -0.39 is 0 Å². The topological polar surface area (TPSA) is 73.1 Å². The van der Waals surface area contributed by atoms with Gasteiger partial charge in [-0.25, -0.2) is 4.98 Å². The average Bonchev–Trinajstić information content (AvgIpc) is 2.28. The van der Waals surface area contributed by atoms with E-state index in [1.165, 1.54) is 0 Å². The van der Waals surface area contributed by atoms with Gasteiger partial charge in [-0.2, -0.15) is 0 Å². The maximum Gasteiger partial charge on any atom is 0.144 e. The van der Waals surface area contributed by atoms with E-state index in [-0.39, 0.29) is 0 Å². The molecule has 0 saturated heterocycles. The predicted octanol–water partition coefficient (Wildman–Crippen LogP) is 0.871. The molecular formula is C11H20N4O. The van der Waals surface area contributed by atoms with E-state index in [1.54, 1.807) is 6.20 Å². The van der Waals surface area contributed by atoms with Crippen LogP contribution < -0.4 is 11.1 Å². The molecule has 0 amide bonds. The van der Waals surface area contributed by atoms with Gasteiger partial charge in [0, 0.05) is 19.7 Å². The fourth-order valence-corrected chi connectivity index (χ4v) is 1.20. The number of hydrogen-bond donors (Lipinski definition) is 2. The molecule has 0 aliphatic heterocycles. The summed E-state index contributed by atoms with van der Waals surface area (Å²) in [5.74, 6) is 0.821. The van der Waals surface area contributed by atoms with Crippen LogP contribution in [0.15, 0.2) is 6.20 Å². The predicted molar refractivity (Wildman–Crippen MR) is 64.5 cm³/mol. The lowest BCUT2D eigenvalue weighted by molar-refractivity contribution is 0.141. The minimum atomic E-state index is 0.579. The van der Waals surface area contributed by atoms with Crippen molar-refractivity contribution in [2.24, 2.45) is 5.73 Å². The Bertz CT molecular complexity index is 317. The Labute approximate surface area is 96.4 Å². The first-order chi connectivity index (χ1) is 7.74. The second-order valence-corrected chi connectivity index (χ2v) is 3.61. The van der Waals surface area contributed by atoms with Crippen molar-refractivity contribution < 1.29 is 4.74 Å². The average molecular weight is 224 g/mol. The zero-order chi connectivity index (χ0) is 11.8. The summed E-state index contributed by atoms with van der Waals surface area (Å²) in [5, 5.41) is 3.20. The molecule has 0 fully saturated rings. The van der Waals surface area contributed by atoms with E-state index in [1.807, 2.05) is 13.8 Å². The van der Waals surface area contributed by atoms with Crippen LogP contribution in [0.5, 0.6) is 0 Å². The molecular weight excluding hydrogens is 204 g/mol. The Balaban J connectivity index is 2.19. The van der Waals surface area contributed by atoms with Gasteiger partial charge < -0.3 is 15.8 Å². The normalized spacial score (nSPS) is 10.4. The summed E-state index contributed by atoms with van der Waals surface area (Å²) in [4.78, 5) is 8.61. The Morgan fingerprint density at radius 3 is 2.81 bits per heavy atom. The maximum atomic E-state index is 5.31. The van der Waals surface area contributed by atoms with Crippen molar-refractivity contribution in [2.75, 3.05) is 31.6 Å². The molecule has 0 unspecified atom stereocenters. The van der Waals surface area contributed by atoms with Crippen LogP contribution >= 0.6 is 0 Å². The number of nitrogens with two attached hydrogens (primary N) is 1. The highest BCUT2D eigenvalue weighted by atomic mass is 16.5. The minimum Gasteiger partial charge on any atom is -0.380 e. The highest BCUT2D eigenvalue weighted by molar-refractivity contribution is 5.32. The third-order valence-electron chi connectivity index (χ3n) is 2.23. The van der Waals surface area contributed by atoms with Crippen molar-refractivity contribution >= 4 is 5.82 Å². The molecule has 0 radical (unpaired) electrons. The van der Waals surface area contributed by atoms with E-state index in [0.29, 0.717) is 13.2 Å². The Kier molecular flexibility index (Phi) is 5.74. The fraction of sp³-hybridized carbons (Fsp3) is 0.636. The lowest BCUT2D eigenvalue weighted by Gasteiger charge is -2.07. The number of ether oxygens (including phenoxy) is 1. The van der Waals surface area contributed by atoms with Crippen LogP contribution in [-0.2, 0) is 4.74 Å². The smallest absolute Gasteiger partial charge is 0.144 e. The van der Waals surface area contributed by atoms with Gasteiger partial charge in [-0.3, -0.25) is 4.98 Å². The monoisotopic (exact) mass is 224 g/mol. The standard InChI is InChI=1S/C11H20N4O/c1-9-10(2)15-11(8-14-9)13-5-3-6-16-7-4-12/h8H,3-7,12H2,1-2H3,(H,13,15). The molecule has 0 aromatic carbocycles. The second-order valence-electron chi connectivity index (χ2n) is 3.61. The molecule has 0 atom stereocenters. The fourth-order valence-electron chi connectivity index (χ4n) is 1.20. The summed E-state index contributed by atoms with van der Waals surface area (Å²) in [6.45, 7) is 6.67. The van der Waals surface area contributed by atoms with Gasteiger partial charge in [-0.15, -0.1) is 0 Å². The van der Waals surface area contributed by atoms with Crippen molar-refractivity contribution in [3.63, 3.8) is 0 Å². The van der Waals surface area contributed by atoms with Crippen LogP contribution in [0.2, 0.25) is 0 Å². The first-order valence-corrected chi connectivity index (χ1v) is 5.56. The van der Waals surface area contributed by atoms with E-state index >= 15 is 0 Å². The summed E-state index contributed by atoms with van der Waals surface area (Å²) >= 11 is 0. The molecule has 5 nitrogen and oxygen atoms in total. The number of aryl methyl sites for hydroxylation is 2. The molecule has 1 rings (SSSR count). The van der Waals surface area contributed by atoms with Gasteiger partial charge in [-0.05, 0) is 20.3 Å². The molecule has 16 heavy (non-hydrogen) atoms. The number of nitrogens with zero attached hydrogens (tertiary/aromatic N) is 2. The van der Waals surface area contributed by atoms with Crippen molar-refractivity contribution in [1.29, 1.82) is 0 Å². The molecule has 90 valence electrons. The third-order valence-corrected chi connectivity index (χ3v) is 2.23. The van der Waals surface area contributed by atoms with E-state index in [0.717, 1.165) is 36.8 Å². The minimum absolute atomic E-state index is 0.579. The largest absolute Gasteiger partial charge is 0.380 e. The van der Waals surface area contributed by atoms with Gasteiger partial charge in [0.05, 0.1) is 24.2 Å². The highest BCUT2D eigenvalue weighted by Gasteiger charge is 1.98. The van der Waals surface area contributed by atoms with E-state index in [2.05, 4.69) is 15.3 Å². The van der Waals surface area contributed by atoms with Crippen LogP contribution in [0, 0.1) is 13.8 Å². The van der Waals surface area contributed by atoms with E-state index in [9.17, 15) is 0 Å². The molecule has 1 aromatic rings. The van der Waals surface area contributed by atoms with Crippen LogP contribution in [0.4, 0.5) is 5.82 Å². The molecule has 0 aliphatic carbocycles. The third kappa shape index (κ3) is 4.55. The van der Waals surface area contributed by atoms with Crippen molar-refractivity contribution in [2.45, 2.75) is 20.3 Å². The summed E-state index contributed by atoms with van der Waals surface area (Å²) < 4.78 is 5.26. The number of rotatable bonds is 7. The quantitative estimate of drug-likeness (QED) is 0.672. The van der Waals surface area contributed by atoms with Crippen molar-refractivity contribution in [1.82, 2.24) is 9.97 Å². The Hall–Kier alpha value is -1.20. The van der Waals surface area contributed by atoms with Crippen LogP contribution in [0.25, 0.3) is 0 Å². The van der Waals surface area contributed by atoms with Gasteiger partial charge in [-0.1, -0.05) is 0 Å². The SMILES string of the molecule is Cc1ncc(NCCCOCCN)nc1C. The zero-order valence-electron chi connectivity index (χ0n) is 9.99. The number of anilines is 1. The molecule has 1 heterocycles. The highest BCUT2D eigenvalue weighted by Crippen LogP contribution is 2.05. The Morgan fingerprint density at radius 2 is 2.12 bits per heavy atom. The van der Waals surface area contributed by atoms with E-state index in [4.69, 9.17) is 10.5 Å². The lowest BCUT2D eigenvalue weighted by Crippen LogP contribution is -2.12. The summed E-state index contributed by atoms with van der Waals surface area (Å²) in [5.41, 5.74) is 7.24. The van der Waals surface area contributed by atoms with Crippen molar-refractivity contribution in [3.8, 4) is 0 Å². The molecule has 0 saturated carbocycles. The second kappa shape index (κ2) is 7.14. The van der Waals surface area contributed by atoms with Crippen LogP contribution in [-0.4, -0.2) is 36.3 Å².